The molecule has 0 bridgehead atoms. The highest BCUT2D eigenvalue weighted by Crippen LogP contribution is 2.09. The summed E-state index contributed by atoms with van der Waals surface area (Å²) in [5.41, 5.74) is 0. The Morgan fingerprint density at radius 1 is 1.64 bits per heavy atom. The van der Waals surface area contributed by atoms with E-state index in [1.165, 1.54) is 7.11 Å². The highest BCUT2D eigenvalue weighted by molar-refractivity contribution is 6.03. The number of piperazine rings is 1. The predicted octanol–water partition coefficient (Wildman–Crippen LogP) is -0.510. The van der Waals surface area contributed by atoms with Gasteiger partial charge < -0.3 is 4.74 Å². The standard InChI is InChI=1S/C8H12N2O4/c1-3-5-7(12)9-6(11)4-10(5)8(13)14-2/h5H,3-4H2,1-2H3,(H,9,11,12). The summed E-state index contributed by atoms with van der Waals surface area (Å²) in [5, 5.41) is 2.16. The first-order valence-corrected chi connectivity index (χ1v) is 4.28. The second-order valence-corrected chi connectivity index (χ2v) is 2.93. The van der Waals surface area contributed by atoms with Crippen LogP contribution in [0.4, 0.5) is 4.79 Å². The monoisotopic (exact) mass is 200 g/mol. The van der Waals surface area contributed by atoms with Gasteiger partial charge in [0.15, 0.2) is 0 Å². The zero-order chi connectivity index (χ0) is 10.7. The minimum absolute atomic E-state index is 0.128. The molecule has 0 radical (unpaired) electrons. The molecule has 1 saturated heterocycles. The number of hydrogen-bond acceptors (Lipinski definition) is 4. The lowest BCUT2D eigenvalue weighted by Crippen LogP contribution is -2.59. The Labute approximate surface area is 81.2 Å². The van der Waals surface area contributed by atoms with Gasteiger partial charge in [0.1, 0.15) is 12.6 Å². The molecule has 1 aliphatic rings. The first-order valence-electron chi connectivity index (χ1n) is 4.28. The summed E-state index contributed by atoms with van der Waals surface area (Å²) in [5.74, 6) is -0.931. The van der Waals surface area contributed by atoms with Crippen LogP contribution in [0.3, 0.4) is 0 Å². The number of methoxy groups -OCH3 is 1. The summed E-state index contributed by atoms with van der Waals surface area (Å²) in [6.45, 7) is 1.63. The van der Waals surface area contributed by atoms with E-state index in [2.05, 4.69) is 10.1 Å². The third-order valence-corrected chi connectivity index (χ3v) is 2.05. The van der Waals surface area contributed by atoms with Crippen molar-refractivity contribution in [3.8, 4) is 0 Å². The van der Waals surface area contributed by atoms with Gasteiger partial charge in [0.2, 0.25) is 11.8 Å². The maximum Gasteiger partial charge on any atom is 0.410 e. The lowest BCUT2D eigenvalue weighted by molar-refractivity contribution is -0.139. The summed E-state index contributed by atoms with van der Waals surface area (Å²) in [6.07, 6.45) is -0.200. The van der Waals surface area contributed by atoms with Gasteiger partial charge in [0, 0.05) is 0 Å². The van der Waals surface area contributed by atoms with E-state index in [9.17, 15) is 14.4 Å². The Bertz CT molecular complexity index is 277. The van der Waals surface area contributed by atoms with Crippen LogP contribution < -0.4 is 5.32 Å². The van der Waals surface area contributed by atoms with Gasteiger partial charge >= 0.3 is 6.09 Å². The first-order chi connectivity index (χ1) is 6.60. The van der Waals surface area contributed by atoms with E-state index in [0.717, 1.165) is 4.90 Å². The highest BCUT2D eigenvalue weighted by Gasteiger charge is 2.35. The van der Waals surface area contributed by atoms with Crippen molar-refractivity contribution in [3.05, 3.63) is 0 Å². The van der Waals surface area contributed by atoms with Crippen LogP contribution >= 0.6 is 0 Å². The third kappa shape index (κ3) is 1.84. The fourth-order valence-corrected chi connectivity index (χ4v) is 1.38. The number of nitrogens with one attached hydrogen (secondary N) is 1. The summed E-state index contributed by atoms with van der Waals surface area (Å²) in [7, 11) is 1.21. The number of hydrogen-bond donors (Lipinski definition) is 1. The van der Waals surface area contributed by atoms with E-state index < -0.39 is 23.9 Å². The topological polar surface area (TPSA) is 75.7 Å². The molecule has 0 spiro atoms. The van der Waals surface area contributed by atoms with Crippen molar-refractivity contribution in [2.24, 2.45) is 0 Å². The minimum atomic E-state index is -0.653. The maximum absolute atomic E-state index is 11.3. The Balaban J connectivity index is 2.83. The first kappa shape index (κ1) is 10.5. The molecular weight excluding hydrogens is 188 g/mol. The zero-order valence-electron chi connectivity index (χ0n) is 8.07. The van der Waals surface area contributed by atoms with E-state index in [-0.39, 0.29) is 6.54 Å². The normalized spacial score (nSPS) is 21.9. The molecule has 0 aromatic heterocycles. The van der Waals surface area contributed by atoms with E-state index in [4.69, 9.17) is 0 Å². The van der Waals surface area contributed by atoms with E-state index >= 15 is 0 Å². The van der Waals surface area contributed by atoms with Gasteiger partial charge in [-0.15, -0.1) is 0 Å². The van der Waals surface area contributed by atoms with Crippen LogP contribution in [0.1, 0.15) is 13.3 Å². The number of amides is 3. The molecular formula is C8H12N2O4. The van der Waals surface area contributed by atoms with Crippen molar-refractivity contribution in [1.82, 2.24) is 10.2 Å². The SMILES string of the molecule is CCC1C(=O)NC(=O)CN1C(=O)OC. The number of carbonyl (C=O) groups excluding carboxylic acids is 3. The molecule has 3 amide bonds. The molecule has 0 aromatic carbocycles. The molecule has 6 heteroatoms. The molecule has 1 heterocycles. The molecule has 6 nitrogen and oxygen atoms in total. The van der Waals surface area contributed by atoms with E-state index in [1.807, 2.05) is 0 Å². The van der Waals surface area contributed by atoms with Crippen LogP contribution in [-0.4, -0.2) is 42.5 Å². The van der Waals surface area contributed by atoms with Crippen molar-refractivity contribution in [1.29, 1.82) is 0 Å². The Kier molecular flexibility index (Phi) is 3.06. The largest absolute Gasteiger partial charge is 0.453 e. The van der Waals surface area contributed by atoms with Crippen LogP contribution in [0.25, 0.3) is 0 Å². The lowest BCUT2D eigenvalue weighted by atomic mass is 10.1. The smallest absolute Gasteiger partial charge is 0.410 e. The zero-order valence-corrected chi connectivity index (χ0v) is 8.07. The molecule has 0 aromatic rings. The van der Waals surface area contributed by atoms with Gasteiger partial charge in [-0.05, 0) is 6.42 Å². The number of ether oxygens (including phenoxy) is 1. The summed E-state index contributed by atoms with van der Waals surface area (Å²) in [4.78, 5) is 34.6. The van der Waals surface area contributed by atoms with E-state index in [0.29, 0.717) is 6.42 Å². The Hall–Kier alpha value is -1.59. The Morgan fingerprint density at radius 2 is 2.29 bits per heavy atom. The van der Waals surface area contributed by atoms with Gasteiger partial charge in [-0.2, -0.15) is 0 Å². The van der Waals surface area contributed by atoms with Crippen molar-refractivity contribution in [2.45, 2.75) is 19.4 Å². The van der Waals surface area contributed by atoms with Crippen LogP contribution in [-0.2, 0) is 14.3 Å². The van der Waals surface area contributed by atoms with Gasteiger partial charge in [-0.25, -0.2) is 4.79 Å². The molecule has 0 saturated carbocycles. The van der Waals surface area contributed by atoms with Crippen molar-refractivity contribution >= 4 is 17.9 Å². The van der Waals surface area contributed by atoms with Gasteiger partial charge in [-0.1, -0.05) is 6.92 Å². The van der Waals surface area contributed by atoms with Crippen molar-refractivity contribution in [3.63, 3.8) is 0 Å². The van der Waals surface area contributed by atoms with Crippen LogP contribution in [0.5, 0.6) is 0 Å². The average molecular weight is 200 g/mol. The summed E-state index contributed by atoms with van der Waals surface area (Å²) in [6, 6.07) is -0.611. The minimum Gasteiger partial charge on any atom is -0.453 e. The quantitative estimate of drug-likeness (QED) is 0.578. The van der Waals surface area contributed by atoms with Crippen molar-refractivity contribution in [2.75, 3.05) is 13.7 Å². The number of carbonyl (C=O) groups is 3. The fourth-order valence-electron chi connectivity index (χ4n) is 1.38. The summed E-state index contributed by atoms with van der Waals surface area (Å²) >= 11 is 0. The maximum atomic E-state index is 11.3. The highest BCUT2D eigenvalue weighted by atomic mass is 16.5. The van der Waals surface area contributed by atoms with Gasteiger partial charge in [-0.3, -0.25) is 19.8 Å². The summed E-state index contributed by atoms with van der Waals surface area (Å²) < 4.78 is 4.47. The predicted molar refractivity (Wildman–Crippen MR) is 46.3 cm³/mol. The molecule has 0 aliphatic carbocycles. The Morgan fingerprint density at radius 3 is 2.79 bits per heavy atom. The number of nitrogens with zero attached hydrogens (tertiary/aromatic N) is 1. The lowest BCUT2D eigenvalue weighted by Gasteiger charge is -2.31. The molecule has 1 N–H and O–H groups in total. The molecule has 1 unspecified atom stereocenters. The van der Waals surface area contributed by atoms with Crippen LogP contribution in [0.15, 0.2) is 0 Å². The second-order valence-electron chi connectivity index (χ2n) is 2.93. The third-order valence-electron chi connectivity index (χ3n) is 2.05. The van der Waals surface area contributed by atoms with Crippen LogP contribution in [0, 0.1) is 0 Å². The number of imide groups is 1. The molecule has 1 aliphatic heterocycles. The van der Waals surface area contributed by atoms with Gasteiger partial charge in [0.25, 0.3) is 0 Å². The van der Waals surface area contributed by atoms with Crippen LogP contribution in [0.2, 0.25) is 0 Å². The fraction of sp³-hybridized carbons (Fsp3) is 0.625. The molecule has 78 valence electrons. The van der Waals surface area contributed by atoms with Gasteiger partial charge in [0.05, 0.1) is 7.11 Å². The van der Waals surface area contributed by atoms with Crippen molar-refractivity contribution < 1.29 is 19.1 Å². The number of rotatable bonds is 1. The second kappa shape index (κ2) is 4.08. The molecule has 14 heavy (non-hydrogen) atoms. The average Bonchev–Trinajstić information content (AvgIpc) is 2.15. The molecule has 1 atom stereocenters. The van der Waals surface area contributed by atoms with E-state index in [1.54, 1.807) is 6.92 Å². The molecule has 1 rings (SSSR count). The molecule has 1 fully saturated rings.